The molecule has 1 unspecified atom stereocenters. The van der Waals surface area contributed by atoms with Crippen molar-refractivity contribution in [1.82, 2.24) is 10.4 Å². The summed E-state index contributed by atoms with van der Waals surface area (Å²) in [6.45, 7) is 0.623. The molecule has 3 nitrogen and oxygen atoms in total. The van der Waals surface area contributed by atoms with Gasteiger partial charge in [-0.3, -0.25) is 10.2 Å². The first-order valence-electron chi connectivity index (χ1n) is 8.29. The lowest BCUT2D eigenvalue weighted by atomic mass is 9.74. The van der Waals surface area contributed by atoms with Crippen molar-refractivity contribution < 1.29 is 17.9 Å². The number of piperidine rings is 1. The van der Waals surface area contributed by atoms with Crippen LogP contribution < -0.4 is 5.43 Å². The lowest BCUT2D eigenvalue weighted by Crippen LogP contribution is -2.63. The van der Waals surface area contributed by atoms with E-state index in [2.05, 4.69) is 10.2 Å². The fourth-order valence-electron chi connectivity index (χ4n) is 3.82. The average molecular weight is 350 g/mol. The molecule has 134 valence electrons. The molecule has 1 aliphatic heterocycles. The van der Waals surface area contributed by atoms with Crippen molar-refractivity contribution in [3.05, 3.63) is 71.8 Å². The number of rotatable bonds is 4. The first-order valence-corrected chi connectivity index (χ1v) is 8.29. The summed E-state index contributed by atoms with van der Waals surface area (Å²) in [5, 5.41) is 1.86. The second-order valence-corrected chi connectivity index (χ2v) is 6.07. The van der Waals surface area contributed by atoms with Gasteiger partial charge in [-0.2, -0.15) is 0 Å². The van der Waals surface area contributed by atoms with Gasteiger partial charge in [-0.15, -0.1) is 13.2 Å². The molecular formula is C19H21F3N2O. The van der Waals surface area contributed by atoms with Crippen molar-refractivity contribution in [3.8, 4) is 0 Å². The third-order valence-electron chi connectivity index (χ3n) is 4.71. The van der Waals surface area contributed by atoms with Gasteiger partial charge in [0, 0.05) is 6.54 Å². The summed E-state index contributed by atoms with van der Waals surface area (Å²) in [6, 6.07) is 18.5. The zero-order chi connectivity index (χ0) is 17.9. The van der Waals surface area contributed by atoms with Crippen LogP contribution in [0, 0.1) is 0 Å². The molecular weight excluding hydrogens is 329 g/mol. The monoisotopic (exact) mass is 350 g/mol. The van der Waals surface area contributed by atoms with Crippen LogP contribution in [-0.4, -0.2) is 31.1 Å². The predicted octanol–water partition coefficient (Wildman–Crippen LogP) is 4.07. The van der Waals surface area contributed by atoms with E-state index in [0.717, 1.165) is 11.1 Å². The Kier molecular flexibility index (Phi) is 5.13. The summed E-state index contributed by atoms with van der Waals surface area (Å²) in [5.41, 5.74) is 3.57. The summed E-state index contributed by atoms with van der Waals surface area (Å²) in [6.07, 6.45) is -4.82. The molecule has 6 heteroatoms. The second kappa shape index (κ2) is 7.15. The smallest absolute Gasteiger partial charge is 0.286 e. The highest BCUT2D eigenvalue weighted by atomic mass is 19.4. The molecule has 2 aromatic rings. The van der Waals surface area contributed by atoms with Crippen molar-refractivity contribution in [1.29, 1.82) is 0 Å². The standard InChI is InChI=1S/C19H21F3N2O/c1-23-24-14-8-13-17(25-19(20,21)22)18(24,15-9-4-2-5-10-15)16-11-6-3-7-12-16/h2-7,9-12,17,23H,8,13-14H2,1H3. The summed E-state index contributed by atoms with van der Waals surface area (Å²) >= 11 is 0. The molecule has 0 radical (unpaired) electrons. The van der Waals surface area contributed by atoms with Gasteiger partial charge < -0.3 is 0 Å². The van der Waals surface area contributed by atoms with Gasteiger partial charge in [0.15, 0.2) is 0 Å². The Morgan fingerprint density at radius 1 is 1.00 bits per heavy atom. The molecule has 0 aromatic heterocycles. The van der Waals surface area contributed by atoms with Crippen molar-refractivity contribution in [2.24, 2.45) is 0 Å². The second-order valence-electron chi connectivity index (χ2n) is 6.07. The number of ether oxygens (including phenoxy) is 1. The molecule has 1 atom stereocenters. The van der Waals surface area contributed by atoms with E-state index in [9.17, 15) is 13.2 Å². The molecule has 0 amide bonds. The Morgan fingerprint density at radius 3 is 1.96 bits per heavy atom. The topological polar surface area (TPSA) is 24.5 Å². The number of nitrogens with one attached hydrogen (secondary N) is 1. The van der Waals surface area contributed by atoms with E-state index in [-0.39, 0.29) is 0 Å². The summed E-state index contributed by atoms with van der Waals surface area (Å²) in [5.74, 6) is 0. The largest absolute Gasteiger partial charge is 0.522 e. The number of hydrogen-bond donors (Lipinski definition) is 1. The Morgan fingerprint density at radius 2 is 1.52 bits per heavy atom. The highest BCUT2D eigenvalue weighted by Gasteiger charge is 2.53. The minimum Gasteiger partial charge on any atom is -0.286 e. The highest BCUT2D eigenvalue weighted by Crippen LogP contribution is 2.45. The fraction of sp³-hybridized carbons (Fsp3) is 0.368. The molecule has 0 aliphatic carbocycles. The Bertz CT molecular complexity index is 637. The van der Waals surface area contributed by atoms with Gasteiger partial charge in [0.25, 0.3) is 0 Å². The Balaban J connectivity index is 2.23. The lowest BCUT2D eigenvalue weighted by molar-refractivity contribution is -0.359. The van der Waals surface area contributed by atoms with Crippen LogP contribution in [-0.2, 0) is 10.3 Å². The number of hydrazine groups is 1. The maximum atomic E-state index is 13.2. The van der Waals surface area contributed by atoms with Crippen molar-refractivity contribution >= 4 is 0 Å². The van der Waals surface area contributed by atoms with Crippen LogP contribution in [0.2, 0.25) is 0 Å². The number of nitrogens with zero attached hydrogens (tertiary/aromatic N) is 1. The first kappa shape index (κ1) is 17.9. The normalized spacial score (nSPS) is 21.2. The maximum Gasteiger partial charge on any atom is 0.522 e. The fourth-order valence-corrected chi connectivity index (χ4v) is 3.82. The van der Waals surface area contributed by atoms with Crippen LogP contribution in [0.3, 0.4) is 0 Å². The van der Waals surface area contributed by atoms with Crippen LogP contribution in [0.1, 0.15) is 24.0 Å². The van der Waals surface area contributed by atoms with Gasteiger partial charge in [-0.05, 0) is 31.0 Å². The molecule has 0 spiro atoms. The summed E-state index contributed by atoms with van der Waals surface area (Å²) < 4.78 is 44.2. The quantitative estimate of drug-likeness (QED) is 0.900. The zero-order valence-electron chi connectivity index (χ0n) is 14.0. The van der Waals surface area contributed by atoms with E-state index < -0.39 is 18.0 Å². The molecule has 2 aromatic carbocycles. The van der Waals surface area contributed by atoms with Gasteiger partial charge >= 0.3 is 6.36 Å². The number of alkyl halides is 3. The molecule has 0 bridgehead atoms. The van der Waals surface area contributed by atoms with Crippen molar-refractivity contribution in [2.45, 2.75) is 30.8 Å². The summed E-state index contributed by atoms with van der Waals surface area (Å²) in [7, 11) is 1.73. The molecule has 25 heavy (non-hydrogen) atoms. The lowest BCUT2D eigenvalue weighted by Gasteiger charge is -2.51. The SMILES string of the molecule is CNN1CCCC(OC(F)(F)F)C1(c1ccccc1)c1ccccc1. The average Bonchev–Trinajstić information content (AvgIpc) is 2.61. The molecule has 3 rings (SSSR count). The van der Waals surface area contributed by atoms with Crippen LogP contribution in [0.25, 0.3) is 0 Å². The minimum absolute atomic E-state index is 0.321. The van der Waals surface area contributed by atoms with Gasteiger partial charge in [0.1, 0.15) is 5.54 Å². The third-order valence-corrected chi connectivity index (χ3v) is 4.71. The van der Waals surface area contributed by atoms with Gasteiger partial charge in [0.05, 0.1) is 6.10 Å². The van der Waals surface area contributed by atoms with E-state index in [4.69, 9.17) is 0 Å². The first-order chi connectivity index (χ1) is 12.0. The van der Waals surface area contributed by atoms with Crippen LogP contribution >= 0.6 is 0 Å². The van der Waals surface area contributed by atoms with E-state index >= 15 is 0 Å². The van der Waals surface area contributed by atoms with E-state index in [0.29, 0.717) is 19.4 Å². The molecule has 1 fully saturated rings. The van der Waals surface area contributed by atoms with Crippen LogP contribution in [0.5, 0.6) is 0 Å². The molecule has 1 heterocycles. The Hall–Kier alpha value is -1.89. The highest BCUT2D eigenvalue weighted by molar-refractivity contribution is 5.41. The molecule has 1 saturated heterocycles. The van der Waals surface area contributed by atoms with Crippen LogP contribution in [0.15, 0.2) is 60.7 Å². The van der Waals surface area contributed by atoms with Crippen molar-refractivity contribution in [3.63, 3.8) is 0 Å². The number of halogens is 3. The maximum absolute atomic E-state index is 13.2. The minimum atomic E-state index is -4.70. The molecule has 0 saturated carbocycles. The number of hydrogen-bond acceptors (Lipinski definition) is 3. The summed E-state index contributed by atoms with van der Waals surface area (Å²) in [4.78, 5) is 0. The van der Waals surface area contributed by atoms with Crippen LogP contribution in [0.4, 0.5) is 13.2 Å². The van der Waals surface area contributed by atoms with E-state index in [1.54, 1.807) is 7.05 Å². The predicted molar refractivity (Wildman–Crippen MR) is 89.6 cm³/mol. The molecule has 1 N–H and O–H groups in total. The van der Waals surface area contributed by atoms with E-state index in [1.165, 1.54) is 0 Å². The van der Waals surface area contributed by atoms with E-state index in [1.807, 2.05) is 65.7 Å². The molecule has 1 aliphatic rings. The van der Waals surface area contributed by atoms with Gasteiger partial charge in [0.2, 0.25) is 0 Å². The van der Waals surface area contributed by atoms with Gasteiger partial charge in [-0.1, -0.05) is 60.7 Å². The van der Waals surface area contributed by atoms with Gasteiger partial charge in [-0.25, -0.2) is 5.01 Å². The third kappa shape index (κ3) is 3.42. The van der Waals surface area contributed by atoms with Crippen molar-refractivity contribution in [2.75, 3.05) is 13.6 Å². The zero-order valence-corrected chi connectivity index (χ0v) is 14.0. The number of benzene rings is 2. The Labute approximate surface area is 145 Å².